The number of benzene rings is 1. The monoisotopic (exact) mass is 288 g/mol. The number of aryl methyl sites for hydroxylation is 1. The van der Waals surface area contributed by atoms with Crippen molar-refractivity contribution in [1.29, 1.82) is 0 Å². The van der Waals surface area contributed by atoms with E-state index in [1.807, 2.05) is 0 Å². The van der Waals surface area contributed by atoms with Gasteiger partial charge in [-0.25, -0.2) is 0 Å². The van der Waals surface area contributed by atoms with E-state index >= 15 is 0 Å². The van der Waals surface area contributed by atoms with Crippen LogP contribution in [-0.4, -0.2) is 29.9 Å². The third-order valence-corrected chi connectivity index (χ3v) is 4.45. The van der Waals surface area contributed by atoms with Crippen LogP contribution in [0.3, 0.4) is 0 Å². The van der Waals surface area contributed by atoms with Crippen molar-refractivity contribution in [2.24, 2.45) is 5.92 Å². The molecule has 1 aromatic rings. The molecule has 0 radical (unpaired) electrons. The fourth-order valence-corrected chi connectivity index (χ4v) is 2.88. The average molecular weight is 288 g/mol. The Morgan fingerprint density at radius 3 is 2.71 bits per heavy atom. The van der Waals surface area contributed by atoms with E-state index in [0.29, 0.717) is 6.04 Å². The number of piperidine rings is 1. The fourth-order valence-electron chi connectivity index (χ4n) is 2.88. The normalized spacial score (nSPS) is 18.4. The molecule has 1 aliphatic rings. The van der Waals surface area contributed by atoms with E-state index in [1.54, 1.807) is 0 Å². The minimum absolute atomic E-state index is 0.202. The van der Waals surface area contributed by atoms with Crippen LogP contribution >= 0.6 is 0 Å². The second kappa shape index (κ2) is 7.60. The molecule has 1 aliphatic heterocycles. The van der Waals surface area contributed by atoms with Gasteiger partial charge in [0.1, 0.15) is 0 Å². The molecule has 3 heteroatoms. The maximum Gasteiger partial charge on any atom is 0.223 e. The van der Waals surface area contributed by atoms with Crippen LogP contribution in [0.2, 0.25) is 0 Å². The molecule has 0 spiro atoms. The Kier molecular flexibility index (Phi) is 5.80. The van der Waals surface area contributed by atoms with Crippen molar-refractivity contribution >= 4 is 5.91 Å². The van der Waals surface area contributed by atoms with E-state index in [1.165, 1.54) is 11.1 Å². The number of nitrogens with zero attached hydrogens (tertiary/aromatic N) is 1. The first-order chi connectivity index (χ1) is 10.1. The second-order valence-electron chi connectivity index (χ2n) is 6.36. The molecule has 3 nitrogen and oxygen atoms in total. The van der Waals surface area contributed by atoms with Crippen LogP contribution in [0.1, 0.15) is 44.2 Å². The lowest BCUT2D eigenvalue weighted by molar-refractivity contribution is -0.127. The molecule has 1 N–H and O–H groups in total. The van der Waals surface area contributed by atoms with Crippen LogP contribution < -0.4 is 5.32 Å². The van der Waals surface area contributed by atoms with E-state index in [2.05, 4.69) is 55.3 Å². The SMILES string of the molecule is CC[C@H](C)NC(=O)C1CCN(Cc2cccc(C)c2)CC1. The van der Waals surface area contributed by atoms with E-state index in [9.17, 15) is 4.79 Å². The Balaban J connectivity index is 1.79. The molecule has 0 aromatic heterocycles. The summed E-state index contributed by atoms with van der Waals surface area (Å²) in [7, 11) is 0. The summed E-state index contributed by atoms with van der Waals surface area (Å²) in [4.78, 5) is 14.6. The molecule has 0 saturated carbocycles. The van der Waals surface area contributed by atoms with Gasteiger partial charge in [-0.15, -0.1) is 0 Å². The van der Waals surface area contributed by atoms with Gasteiger partial charge in [-0.3, -0.25) is 9.69 Å². The van der Waals surface area contributed by atoms with Crippen LogP contribution in [0.5, 0.6) is 0 Å². The number of likely N-dealkylation sites (tertiary alicyclic amines) is 1. The molecule has 21 heavy (non-hydrogen) atoms. The highest BCUT2D eigenvalue weighted by molar-refractivity contribution is 5.79. The van der Waals surface area contributed by atoms with Crippen molar-refractivity contribution < 1.29 is 4.79 Å². The molecule has 1 fully saturated rings. The largest absolute Gasteiger partial charge is 0.353 e. The summed E-state index contributed by atoms with van der Waals surface area (Å²) in [5, 5.41) is 3.11. The lowest BCUT2D eigenvalue weighted by Gasteiger charge is -2.31. The summed E-state index contributed by atoms with van der Waals surface area (Å²) < 4.78 is 0. The molecule has 2 rings (SSSR count). The first kappa shape index (κ1) is 16.0. The van der Waals surface area contributed by atoms with E-state index in [4.69, 9.17) is 0 Å². The molecule has 1 saturated heterocycles. The summed E-state index contributed by atoms with van der Waals surface area (Å²) >= 11 is 0. The van der Waals surface area contributed by atoms with Gasteiger partial charge < -0.3 is 5.32 Å². The molecule has 0 aliphatic carbocycles. The zero-order valence-corrected chi connectivity index (χ0v) is 13.6. The van der Waals surface area contributed by atoms with E-state index in [0.717, 1.165) is 38.9 Å². The molecule has 1 heterocycles. The fraction of sp³-hybridized carbons (Fsp3) is 0.611. The number of rotatable bonds is 5. The minimum Gasteiger partial charge on any atom is -0.353 e. The van der Waals surface area contributed by atoms with Gasteiger partial charge in [0.15, 0.2) is 0 Å². The zero-order valence-electron chi connectivity index (χ0n) is 13.6. The molecule has 116 valence electrons. The van der Waals surface area contributed by atoms with Crippen molar-refractivity contribution in [2.75, 3.05) is 13.1 Å². The Hall–Kier alpha value is -1.35. The number of carbonyl (C=O) groups excluding carboxylic acids is 1. The Bertz CT molecular complexity index is 464. The molecular formula is C18H28N2O. The highest BCUT2D eigenvalue weighted by atomic mass is 16.1. The van der Waals surface area contributed by atoms with Gasteiger partial charge in [-0.1, -0.05) is 36.8 Å². The maximum absolute atomic E-state index is 12.1. The lowest BCUT2D eigenvalue weighted by atomic mass is 9.95. The van der Waals surface area contributed by atoms with Crippen LogP contribution in [0, 0.1) is 12.8 Å². The van der Waals surface area contributed by atoms with Gasteiger partial charge in [0.25, 0.3) is 0 Å². The summed E-state index contributed by atoms with van der Waals surface area (Å²) in [5.41, 5.74) is 2.69. The van der Waals surface area contributed by atoms with Crippen LogP contribution in [-0.2, 0) is 11.3 Å². The molecule has 1 aromatic carbocycles. The van der Waals surface area contributed by atoms with Gasteiger partial charge in [-0.05, 0) is 51.8 Å². The minimum atomic E-state index is 0.202. The second-order valence-corrected chi connectivity index (χ2v) is 6.36. The van der Waals surface area contributed by atoms with E-state index in [-0.39, 0.29) is 11.8 Å². The summed E-state index contributed by atoms with van der Waals surface area (Å²) in [6, 6.07) is 8.99. The highest BCUT2D eigenvalue weighted by Crippen LogP contribution is 2.19. The standard InChI is InChI=1S/C18H28N2O/c1-4-15(3)19-18(21)17-8-10-20(11-9-17)13-16-7-5-6-14(2)12-16/h5-7,12,15,17H,4,8-11,13H2,1-3H3,(H,19,21)/t15-/m0/s1. The first-order valence-electron chi connectivity index (χ1n) is 8.16. The molecule has 0 bridgehead atoms. The molecular weight excluding hydrogens is 260 g/mol. The van der Waals surface area contributed by atoms with Gasteiger partial charge in [0, 0.05) is 18.5 Å². The van der Waals surface area contributed by atoms with Crippen molar-refractivity contribution in [3.63, 3.8) is 0 Å². The molecule has 1 amide bonds. The van der Waals surface area contributed by atoms with Crippen molar-refractivity contribution in [1.82, 2.24) is 10.2 Å². The van der Waals surface area contributed by atoms with Crippen molar-refractivity contribution in [3.05, 3.63) is 35.4 Å². The Morgan fingerprint density at radius 1 is 1.38 bits per heavy atom. The average Bonchev–Trinajstić information content (AvgIpc) is 2.47. The van der Waals surface area contributed by atoms with Gasteiger partial charge in [0.2, 0.25) is 5.91 Å². The first-order valence-corrected chi connectivity index (χ1v) is 8.16. The highest BCUT2D eigenvalue weighted by Gasteiger charge is 2.25. The summed E-state index contributed by atoms with van der Waals surface area (Å²) in [6.07, 6.45) is 2.96. The Morgan fingerprint density at radius 2 is 2.10 bits per heavy atom. The summed E-state index contributed by atoms with van der Waals surface area (Å²) in [5.74, 6) is 0.451. The number of hydrogen-bond donors (Lipinski definition) is 1. The van der Waals surface area contributed by atoms with Crippen molar-refractivity contribution in [3.8, 4) is 0 Å². The van der Waals surface area contributed by atoms with Crippen LogP contribution in [0.15, 0.2) is 24.3 Å². The van der Waals surface area contributed by atoms with Crippen LogP contribution in [0.25, 0.3) is 0 Å². The van der Waals surface area contributed by atoms with Crippen LogP contribution in [0.4, 0.5) is 0 Å². The lowest BCUT2D eigenvalue weighted by Crippen LogP contribution is -2.42. The molecule has 0 unspecified atom stereocenters. The zero-order chi connectivity index (χ0) is 15.2. The maximum atomic E-state index is 12.1. The topological polar surface area (TPSA) is 32.3 Å². The van der Waals surface area contributed by atoms with Gasteiger partial charge >= 0.3 is 0 Å². The summed E-state index contributed by atoms with van der Waals surface area (Å²) in [6.45, 7) is 9.36. The van der Waals surface area contributed by atoms with Gasteiger partial charge in [-0.2, -0.15) is 0 Å². The number of carbonyl (C=O) groups is 1. The van der Waals surface area contributed by atoms with Crippen molar-refractivity contribution in [2.45, 2.75) is 52.6 Å². The van der Waals surface area contributed by atoms with E-state index < -0.39 is 0 Å². The molecule has 1 atom stereocenters. The number of nitrogens with one attached hydrogen (secondary N) is 1. The van der Waals surface area contributed by atoms with Gasteiger partial charge in [0.05, 0.1) is 0 Å². The number of hydrogen-bond acceptors (Lipinski definition) is 2. The predicted molar refractivity (Wildman–Crippen MR) is 87.1 cm³/mol. The number of amides is 1. The Labute approximate surface area is 128 Å². The third-order valence-electron chi connectivity index (χ3n) is 4.45. The quantitative estimate of drug-likeness (QED) is 0.903. The third kappa shape index (κ3) is 4.85. The smallest absolute Gasteiger partial charge is 0.223 e. The predicted octanol–water partition coefficient (Wildman–Crippen LogP) is 3.12.